The van der Waals surface area contributed by atoms with Crippen LogP contribution in [0.2, 0.25) is 0 Å². The Bertz CT molecular complexity index is 684. The van der Waals surface area contributed by atoms with E-state index < -0.39 is 10.0 Å². The number of benzene rings is 1. The number of hydrogen-bond donors (Lipinski definition) is 1. The van der Waals surface area contributed by atoms with Gasteiger partial charge < -0.3 is 0 Å². The predicted octanol–water partition coefficient (Wildman–Crippen LogP) is 4.70. The van der Waals surface area contributed by atoms with Gasteiger partial charge in [-0.1, -0.05) is 28.9 Å². The second kappa shape index (κ2) is 6.70. The molecular weight excluding hydrogens is 426 g/mol. The van der Waals surface area contributed by atoms with Gasteiger partial charge in [0.05, 0.1) is 10.9 Å². The van der Waals surface area contributed by atoms with Crippen LogP contribution in [0.15, 0.2) is 49.6 Å². The summed E-state index contributed by atoms with van der Waals surface area (Å²) in [7, 11) is -3.57. The number of rotatable bonds is 5. The first-order chi connectivity index (χ1) is 9.44. The highest BCUT2D eigenvalue weighted by Gasteiger charge is 2.23. The van der Waals surface area contributed by atoms with Crippen LogP contribution in [-0.4, -0.2) is 8.42 Å². The molecule has 0 amide bonds. The fourth-order valence-electron chi connectivity index (χ4n) is 1.77. The molecule has 3 nitrogen and oxygen atoms in total. The van der Waals surface area contributed by atoms with E-state index in [9.17, 15) is 8.42 Å². The summed E-state index contributed by atoms with van der Waals surface area (Å²) in [5.41, 5.74) is 0. The molecule has 2 rings (SSSR count). The Morgan fingerprint density at radius 2 is 2.05 bits per heavy atom. The molecule has 0 radical (unpaired) electrons. The molecule has 0 spiro atoms. The van der Waals surface area contributed by atoms with E-state index in [4.69, 9.17) is 0 Å². The summed E-state index contributed by atoms with van der Waals surface area (Å²) in [5, 5.41) is 1.95. The molecule has 108 valence electrons. The summed E-state index contributed by atoms with van der Waals surface area (Å²) < 4.78 is 29.1. The van der Waals surface area contributed by atoms with E-state index in [2.05, 4.69) is 36.6 Å². The van der Waals surface area contributed by atoms with Gasteiger partial charge in [-0.3, -0.25) is 0 Å². The highest BCUT2D eigenvalue weighted by molar-refractivity contribution is 9.11. The highest BCUT2D eigenvalue weighted by atomic mass is 79.9. The summed E-state index contributed by atoms with van der Waals surface area (Å²) >= 11 is 8.14. The fourth-order valence-corrected chi connectivity index (χ4v) is 5.50. The van der Waals surface area contributed by atoms with E-state index in [1.165, 1.54) is 0 Å². The molecule has 1 unspecified atom stereocenters. The molecule has 0 bridgehead atoms. The number of halogens is 2. The van der Waals surface area contributed by atoms with E-state index in [-0.39, 0.29) is 10.9 Å². The molecule has 0 aliphatic carbocycles. The van der Waals surface area contributed by atoms with E-state index >= 15 is 0 Å². The molecule has 0 saturated heterocycles. The van der Waals surface area contributed by atoms with Gasteiger partial charge in [0.1, 0.15) is 0 Å². The summed E-state index contributed by atoms with van der Waals surface area (Å²) in [6, 6.07) is 8.76. The molecule has 1 aromatic heterocycles. The lowest BCUT2D eigenvalue weighted by molar-refractivity contribution is 0.552. The molecule has 1 heterocycles. The quantitative estimate of drug-likeness (QED) is 0.734. The van der Waals surface area contributed by atoms with Gasteiger partial charge in [0.25, 0.3) is 0 Å². The van der Waals surface area contributed by atoms with Crippen molar-refractivity contribution in [3.05, 3.63) is 49.5 Å². The van der Waals surface area contributed by atoms with Crippen molar-refractivity contribution in [1.82, 2.24) is 4.72 Å². The largest absolute Gasteiger partial charge is 0.242 e. The number of thiophene rings is 1. The molecular formula is C13H13Br2NO2S2. The van der Waals surface area contributed by atoms with Crippen LogP contribution < -0.4 is 4.72 Å². The van der Waals surface area contributed by atoms with Gasteiger partial charge in [0.15, 0.2) is 0 Å². The van der Waals surface area contributed by atoms with Crippen molar-refractivity contribution in [3.8, 4) is 0 Å². The van der Waals surface area contributed by atoms with Crippen molar-refractivity contribution in [3.63, 3.8) is 0 Å². The monoisotopic (exact) mass is 437 g/mol. The van der Waals surface area contributed by atoms with Crippen molar-refractivity contribution in [2.75, 3.05) is 0 Å². The molecule has 1 N–H and O–H groups in total. The fraction of sp³-hybridized carbons (Fsp3) is 0.231. The maximum Gasteiger partial charge on any atom is 0.242 e. The van der Waals surface area contributed by atoms with Crippen LogP contribution in [-0.2, 0) is 10.0 Å². The average molecular weight is 439 g/mol. The van der Waals surface area contributed by atoms with Crippen LogP contribution in [0.4, 0.5) is 0 Å². The van der Waals surface area contributed by atoms with Gasteiger partial charge in [-0.15, -0.1) is 11.3 Å². The third-order valence-corrected chi connectivity index (χ3v) is 6.72. The zero-order valence-electron chi connectivity index (χ0n) is 10.6. The SMILES string of the molecule is CCC(NS(=O)(=O)c1cc(Br)ccc1Br)c1cccs1. The first-order valence-corrected chi connectivity index (χ1v) is 9.89. The maximum atomic E-state index is 12.5. The topological polar surface area (TPSA) is 46.2 Å². The second-order valence-electron chi connectivity index (χ2n) is 4.17. The van der Waals surface area contributed by atoms with E-state index in [0.29, 0.717) is 10.9 Å². The first-order valence-electron chi connectivity index (χ1n) is 5.95. The van der Waals surface area contributed by atoms with Crippen LogP contribution in [0.3, 0.4) is 0 Å². The van der Waals surface area contributed by atoms with Gasteiger partial charge in [-0.25, -0.2) is 13.1 Å². The second-order valence-corrected chi connectivity index (χ2v) is 8.60. The Hall–Kier alpha value is -0.210. The van der Waals surface area contributed by atoms with Crippen LogP contribution in [0.25, 0.3) is 0 Å². The Morgan fingerprint density at radius 1 is 1.30 bits per heavy atom. The van der Waals surface area contributed by atoms with Crippen LogP contribution >= 0.6 is 43.2 Å². The van der Waals surface area contributed by atoms with Gasteiger partial charge in [-0.05, 0) is 52.0 Å². The first kappa shape index (κ1) is 16.2. The minimum absolute atomic E-state index is 0.203. The summed E-state index contributed by atoms with van der Waals surface area (Å²) in [6.07, 6.45) is 0.700. The average Bonchev–Trinajstić information content (AvgIpc) is 2.92. The smallest absolute Gasteiger partial charge is 0.207 e. The lowest BCUT2D eigenvalue weighted by Crippen LogP contribution is -2.28. The number of nitrogens with one attached hydrogen (secondary N) is 1. The van der Waals surface area contributed by atoms with Gasteiger partial charge in [-0.2, -0.15) is 0 Å². The molecule has 0 aliphatic rings. The molecule has 0 aliphatic heterocycles. The minimum Gasteiger partial charge on any atom is -0.207 e. The van der Waals surface area contributed by atoms with E-state index in [0.717, 1.165) is 9.35 Å². The molecule has 7 heteroatoms. The zero-order valence-corrected chi connectivity index (χ0v) is 15.4. The predicted molar refractivity (Wildman–Crippen MR) is 89.5 cm³/mol. The van der Waals surface area contributed by atoms with Crippen LogP contribution in [0.1, 0.15) is 24.3 Å². The number of hydrogen-bond acceptors (Lipinski definition) is 3. The molecule has 1 aromatic carbocycles. The summed E-state index contributed by atoms with van der Waals surface area (Å²) in [5.74, 6) is 0. The van der Waals surface area contributed by atoms with Crippen LogP contribution in [0, 0.1) is 0 Å². The van der Waals surface area contributed by atoms with Crippen molar-refractivity contribution in [1.29, 1.82) is 0 Å². The number of sulfonamides is 1. The van der Waals surface area contributed by atoms with Crippen molar-refractivity contribution in [2.45, 2.75) is 24.3 Å². The molecule has 1 atom stereocenters. The lowest BCUT2D eigenvalue weighted by atomic mass is 10.2. The normalized spacial score (nSPS) is 13.3. The maximum absolute atomic E-state index is 12.5. The standard InChI is InChI=1S/C13H13Br2NO2S2/c1-2-11(12-4-3-7-19-12)16-20(17,18)13-8-9(14)5-6-10(13)15/h3-8,11,16H,2H2,1H3. The summed E-state index contributed by atoms with van der Waals surface area (Å²) in [4.78, 5) is 1.25. The zero-order chi connectivity index (χ0) is 14.8. The minimum atomic E-state index is -3.57. The molecule has 20 heavy (non-hydrogen) atoms. The van der Waals surface area contributed by atoms with Gasteiger partial charge in [0, 0.05) is 13.8 Å². The van der Waals surface area contributed by atoms with Gasteiger partial charge in [0.2, 0.25) is 10.0 Å². The van der Waals surface area contributed by atoms with Crippen LogP contribution in [0.5, 0.6) is 0 Å². The Morgan fingerprint density at radius 3 is 2.65 bits per heavy atom. The van der Waals surface area contributed by atoms with E-state index in [1.54, 1.807) is 29.5 Å². The van der Waals surface area contributed by atoms with Gasteiger partial charge >= 0.3 is 0 Å². The lowest BCUT2D eigenvalue weighted by Gasteiger charge is -2.16. The molecule has 0 fully saturated rings. The third kappa shape index (κ3) is 3.71. The Labute approximate surface area is 139 Å². The van der Waals surface area contributed by atoms with Crippen molar-refractivity contribution >= 4 is 53.2 Å². The van der Waals surface area contributed by atoms with Crippen molar-refractivity contribution < 1.29 is 8.42 Å². The highest BCUT2D eigenvalue weighted by Crippen LogP contribution is 2.29. The third-order valence-electron chi connectivity index (χ3n) is 2.78. The molecule has 0 saturated carbocycles. The Balaban J connectivity index is 2.33. The van der Waals surface area contributed by atoms with Crippen molar-refractivity contribution in [2.24, 2.45) is 0 Å². The summed E-state index contributed by atoms with van der Waals surface area (Å²) in [6.45, 7) is 1.96. The Kier molecular flexibility index (Phi) is 5.42. The van der Waals surface area contributed by atoms with E-state index in [1.807, 2.05) is 24.4 Å². The molecule has 2 aromatic rings.